The Morgan fingerprint density at radius 2 is 1.84 bits per heavy atom. The number of fused-ring (bicyclic) bond motifs is 1. The number of amides is 1. The van der Waals surface area contributed by atoms with Crippen LogP contribution in [-0.4, -0.2) is 32.6 Å². The molecule has 7 nitrogen and oxygen atoms in total. The lowest BCUT2D eigenvalue weighted by Gasteiger charge is -2.20. The van der Waals surface area contributed by atoms with Crippen LogP contribution < -0.4 is 19.7 Å². The van der Waals surface area contributed by atoms with E-state index in [2.05, 4.69) is 40.4 Å². The number of nitrogens with one attached hydrogen (secondary N) is 2. The molecule has 3 aromatic rings. The zero-order valence-corrected chi connectivity index (χ0v) is 23.8. The molecule has 0 spiro atoms. The summed E-state index contributed by atoms with van der Waals surface area (Å²) in [6.45, 7) is 5.13. The van der Waals surface area contributed by atoms with Gasteiger partial charge in [-0.2, -0.15) is 0 Å². The van der Waals surface area contributed by atoms with E-state index in [1.54, 1.807) is 24.3 Å². The molecule has 1 heterocycles. The van der Waals surface area contributed by atoms with Crippen molar-refractivity contribution in [2.24, 2.45) is 5.92 Å². The number of nitrogens with zero attached hydrogens (tertiary/aromatic N) is 1. The molecule has 0 bridgehead atoms. The maximum atomic E-state index is 13.2. The number of carbonyl (C=O) groups excluding carboxylic acids is 1. The lowest BCUT2D eigenvalue weighted by molar-refractivity contribution is 0.0973. The van der Waals surface area contributed by atoms with Gasteiger partial charge < -0.3 is 10.1 Å². The molecule has 0 aliphatic carbocycles. The largest absolute Gasteiger partial charge is 0.493 e. The van der Waals surface area contributed by atoms with Crippen LogP contribution in [0.15, 0.2) is 76.1 Å². The van der Waals surface area contributed by atoms with E-state index in [1.807, 2.05) is 30.3 Å². The Bertz CT molecular complexity index is 1410. The fraction of sp³-hybridized carbons (Fsp3) is 0.259. The first kappa shape index (κ1) is 27.1. The SMILES string of the molecule is CC(C)CCOc1ccc(Br)cc1C(=O)NC(=S)Nc1ccc(S(=O)(=O)N2CCc3ccccc32)cc1. The van der Waals surface area contributed by atoms with E-state index in [4.69, 9.17) is 17.0 Å². The van der Waals surface area contributed by atoms with Crippen molar-refractivity contribution in [3.8, 4) is 5.75 Å². The third-order valence-electron chi connectivity index (χ3n) is 5.91. The van der Waals surface area contributed by atoms with Gasteiger partial charge in [0.1, 0.15) is 5.75 Å². The van der Waals surface area contributed by atoms with Crippen LogP contribution in [0, 0.1) is 5.92 Å². The van der Waals surface area contributed by atoms with Crippen molar-refractivity contribution in [1.29, 1.82) is 0 Å². The molecule has 0 fully saturated rings. The molecule has 0 radical (unpaired) electrons. The van der Waals surface area contributed by atoms with Gasteiger partial charge in [-0.05, 0) is 85.1 Å². The number of sulfonamides is 1. The highest BCUT2D eigenvalue weighted by Gasteiger charge is 2.30. The second kappa shape index (κ2) is 11.6. The van der Waals surface area contributed by atoms with E-state index in [1.165, 1.54) is 16.4 Å². The molecule has 0 unspecified atom stereocenters. The van der Waals surface area contributed by atoms with Crippen LogP contribution >= 0.6 is 28.1 Å². The lowest BCUT2D eigenvalue weighted by Crippen LogP contribution is -2.34. The number of ether oxygens (including phenoxy) is 1. The van der Waals surface area contributed by atoms with Gasteiger partial charge in [-0.3, -0.25) is 14.4 Å². The van der Waals surface area contributed by atoms with Crippen LogP contribution in [0.2, 0.25) is 0 Å². The quantitative estimate of drug-likeness (QED) is 0.320. The Morgan fingerprint density at radius 1 is 1.11 bits per heavy atom. The molecule has 0 aromatic heterocycles. The monoisotopic (exact) mass is 601 g/mol. The molecule has 37 heavy (non-hydrogen) atoms. The molecule has 0 saturated heterocycles. The number of hydrogen-bond acceptors (Lipinski definition) is 5. The fourth-order valence-corrected chi connectivity index (χ4v) is 6.01. The third kappa shape index (κ3) is 6.49. The first-order chi connectivity index (χ1) is 17.6. The molecule has 1 aliphatic rings. The van der Waals surface area contributed by atoms with Gasteiger partial charge in [-0.1, -0.05) is 48.0 Å². The van der Waals surface area contributed by atoms with E-state index < -0.39 is 15.9 Å². The van der Waals surface area contributed by atoms with E-state index in [9.17, 15) is 13.2 Å². The topological polar surface area (TPSA) is 87.7 Å². The summed E-state index contributed by atoms with van der Waals surface area (Å²) in [7, 11) is -3.69. The highest BCUT2D eigenvalue weighted by Crippen LogP contribution is 2.33. The van der Waals surface area contributed by atoms with Gasteiger partial charge in [0.25, 0.3) is 15.9 Å². The van der Waals surface area contributed by atoms with Gasteiger partial charge in [0, 0.05) is 16.7 Å². The minimum Gasteiger partial charge on any atom is -0.493 e. The Labute approximate surface area is 231 Å². The molecule has 4 rings (SSSR count). The van der Waals surface area contributed by atoms with Crippen molar-refractivity contribution in [3.05, 3.63) is 82.3 Å². The van der Waals surface area contributed by atoms with Crippen LogP contribution in [0.5, 0.6) is 5.75 Å². The number of anilines is 2. The number of benzene rings is 3. The smallest absolute Gasteiger partial charge is 0.264 e. The summed E-state index contributed by atoms with van der Waals surface area (Å²) in [4.78, 5) is 13.1. The molecule has 194 valence electrons. The zero-order valence-electron chi connectivity index (χ0n) is 20.5. The van der Waals surface area contributed by atoms with Crippen molar-refractivity contribution in [1.82, 2.24) is 5.32 Å². The molecule has 1 amide bonds. The summed E-state index contributed by atoms with van der Waals surface area (Å²) >= 11 is 8.72. The summed E-state index contributed by atoms with van der Waals surface area (Å²) in [5, 5.41) is 5.69. The van der Waals surface area contributed by atoms with Crippen LogP contribution in [0.3, 0.4) is 0 Å². The van der Waals surface area contributed by atoms with E-state index in [0.717, 1.165) is 16.5 Å². The number of hydrogen-bond donors (Lipinski definition) is 2. The molecular formula is C27H28BrN3O4S2. The number of halogens is 1. The minimum absolute atomic E-state index is 0.0854. The molecule has 10 heteroatoms. The number of carbonyl (C=O) groups is 1. The maximum Gasteiger partial charge on any atom is 0.264 e. The standard InChI is InChI=1S/C27H28BrN3O4S2/c1-18(2)14-16-35-25-12-7-20(28)17-23(25)26(32)30-27(36)29-21-8-10-22(11-9-21)37(33,34)31-15-13-19-5-3-4-6-24(19)31/h3-12,17-18H,13-16H2,1-2H3,(H2,29,30,32,36). The van der Waals surface area contributed by atoms with E-state index in [-0.39, 0.29) is 10.0 Å². The van der Waals surface area contributed by atoms with Crippen molar-refractivity contribution in [3.63, 3.8) is 0 Å². The first-order valence-electron chi connectivity index (χ1n) is 11.9. The Balaban J connectivity index is 1.40. The second-order valence-electron chi connectivity index (χ2n) is 9.06. The number of thiocarbonyl (C=S) groups is 1. The number of rotatable bonds is 8. The first-order valence-corrected chi connectivity index (χ1v) is 14.5. The predicted molar refractivity (Wildman–Crippen MR) is 154 cm³/mol. The Morgan fingerprint density at radius 3 is 2.57 bits per heavy atom. The average Bonchev–Trinajstić information content (AvgIpc) is 3.30. The van der Waals surface area contributed by atoms with Gasteiger partial charge in [0.2, 0.25) is 0 Å². The molecule has 0 atom stereocenters. The van der Waals surface area contributed by atoms with Crippen LogP contribution in [0.1, 0.15) is 36.2 Å². The molecule has 2 N–H and O–H groups in total. The molecule has 1 aliphatic heterocycles. The van der Waals surface area contributed by atoms with Gasteiger partial charge in [-0.25, -0.2) is 8.42 Å². The molecule has 0 saturated carbocycles. The van der Waals surface area contributed by atoms with Gasteiger partial charge in [-0.15, -0.1) is 0 Å². The van der Waals surface area contributed by atoms with Gasteiger partial charge in [0.15, 0.2) is 5.11 Å². The summed E-state index contributed by atoms with van der Waals surface area (Å²) in [5.74, 6) is 0.546. The normalized spacial score (nSPS) is 12.8. The van der Waals surface area contributed by atoms with Crippen molar-refractivity contribution in [2.75, 3.05) is 22.8 Å². The Hall–Kier alpha value is -2.95. The number of para-hydroxylation sites is 1. The summed E-state index contributed by atoms with van der Waals surface area (Å²) in [6.07, 6.45) is 1.55. The Kier molecular flexibility index (Phi) is 8.51. The molecule has 3 aromatic carbocycles. The van der Waals surface area contributed by atoms with Gasteiger partial charge in [0.05, 0.1) is 22.8 Å². The van der Waals surface area contributed by atoms with Crippen LogP contribution in [0.4, 0.5) is 11.4 Å². The minimum atomic E-state index is -3.69. The lowest BCUT2D eigenvalue weighted by atomic mass is 10.1. The van der Waals surface area contributed by atoms with Crippen molar-refractivity contribution < 1.29 is 17.9 Å². The second-order valence-corrected chi connectivity index (χ2v) is 12.2. The maximum absolute atomic E-state index is 13.2. The average molecular weight is 603 g/mol. The van der Waals surface area contributed by atoms with E-state index >= 15 is 0 Å². The van der Waals surface area contributed by atoms with Crippen LogP contribution in [0.25, 0.3) is 0 Å². The summed E-state index contributed by atoms with van der Waals surface area (Å²) in [5.41, 5.74) is 2.64. The van der Waals surface area contributed by atoms with Crippen LogP contribution in [-0.2, 0) is 16.4 Å². The van der Waals surface area contributed by atoms with Crippen molar-refractivity contribution >= 4 is 60.6 Å². The highest BCUT2D eigenvalue weighted by atomic mass is 79.9. The van der Waals surface area contributed by atoms with Crippen molar-refractivity contribution in [2.45, 2.75) is 31.6 Å². The van der Waals surface area contributed by atoms with Gasteiger partial charge >= 0.3 is 0 Å². The fourth-order valence-electron chi connectivity index (χ4n) is 3.94. The third-order valence-corrected chi connectivity index (χ3v) is 8.44. The summed E-state index contributed by atoms with van der Waals surface area (Å²) in [6, 6.07) is 19.0. The van der Waals surface area contributed by atoms with E-state index in [0.29, 0.717) is 48.2 Å². The molecular weight excluding hydrogens is 574 g/mol. The highest BCUT2D eigenvalue weighted by molar-refractivity contribution is 9.10. The summed E-state index contributed by atoms with van der Waals surface area (Å²) < 4.78 is 34.4. The zero-order chi connectivity index (χ0) is 26.6. The predicted octanol–water partition coefficient (Wildman–Crippen LogP) is 5.75.